The first kappa shape index (κ1) is 16.3. The molecule has 0 saturated heterocycles. The summed E-state index contributed by atoms with van der Waals surface area (Å²) in [5.74, 6) is 2.15. The molecule has 0 bridgehead atoms. The van der Waals surface area contributed by atoms with Gasteiger partial charge in [-0.15, -0.1) is 11.8 Å². The van der Waals surface area contributed by atoms with Crippen LogP contribution >= 0.6 is 23.4 Å². The van der Waals surface area contributed by atoms with Crippen molar-refractivity contribution in [2.75, 3.05) is 6.54 Å². The molecule has 0 amide bonds. The Bertz CT molecular complexity index is 547. The quantitative estimate of drug-likeness (QED) is 0.556. The molecule has 0 saturated carbocycles. The first-order valence-corrected chi connectivity index (χ1v) is 8.54. The van der Waals surface area contributed by atoms with Crippen molar-refractivity contribution >= 4 is 23.4 Å². The summed E-state index contributed by atoms with van der Waals surface area (Å²) in [6.07, 6.45) is 5.34. The standard InChI is InChI=1S/C15H20ClN3OS/c16-12-6-5-7-13(10-12)21-11-14-18-15(20-19-14)8-3-1-2-4-9-17/h5-7,10H,1-4,8-9,11,17H2. The second-order valence-electron chi connectivity index (χ2n) is 4.80. The van der Waals surface area contributed by atoms with Crippen molar-refractivity contribution in [2.24, 2.45) is 5.73 Å². The normalized spacial score (nSPS) is 11.0. The van der Waals surface area contributed by atoms with E-state index >= 15 is 0 Å². The zero-order valence-corrected chi connectivity index (χ0v) is 13.5. The van der Waals surface area contributed by atoms with Crippen LogP contribution in [-0.4, -0.2) is 16.7 Å². The van der Waals surface area contributed by atoms with Crippen molar-refractivity contribution in [3.8, 4) is 0 Å². The maximum atomic E-state index is 5.95. The molecule has 0 atom stereocenters. The molecule has 2 aromatic rings. The van der Waals surface area contributed by atoms with Crippen LogP contribution in [0.5, 0.6) is 0 Å². The van der Waals surface area contributed by atoms with Gasteiger partial charge in [0.1, 0.15) is 0 Å². The van der Waals surface area contributed by atoms with Crippen LogP contribution in [0.15, 0.2) is 33.7 Å². The number of hydrogen-bond acceptors (Lipinski definition) is 5. The lowest BCUT2D eigenvalue weighted by Gasteiger charge is -1.98. The van der Waals surface area contributed by atoms with E-state index in [-0.39, 0.29) is 0 Å². The minimum Gasteiger partial charge on any atom is -0.339 e. The van der Waals surface area contributed by atoms with E-state index in [4.69, 9.17) is 21.9 Å². The first-order chi connectivity index (χ1) is 10.3. The van der Waals surface area contributed by atoms with Crippen LogP contribution in [0.1, 0.15) is 37.4 Å². The number of benzene rings is 1. The predicted octanol–water partition coefficient (Wildman–Crippen LogP) is 4.08. The monoisotopic (exact) mass is 325 g/mol. The zero-order valence-electron chi connectivity index (χ0n) is 11.9. The minimum atomic E-state index is 0.691. The smallest absolute Gasteiger partial charge is 0.226 e. The van der Waals surface area contributed by atoms with Crippen LogP contribution in [0.2, 0.25) is 5.02 Å². The second-order valence-corrected chi connectivity index (χ2v) is 6.29. The number of nitrogens with zero attached hydrogens (tertiary/aromatic N) is 2. The highest BCUT2D eigenvalue weighted by Gasteiger charge is 2.07. The molecule has 4 nitrogen and oxygen atoms in total. The minimum absolute atomic E-state index is 0.691. The van der Waals surface area contributed by atoms with Gasteiger partial charge in [0.15, 0.2) is 5.82 Å². The highest BCUT2D eigenvalue weighted by molar-refractivity contribution is 7.98. The molecule has 0 aliphatic carbocycles. The third kappa shape index (κ3) is 6.08. The molecule has 0 unspecified atom stereocenters. The fraction of sp³-hybridized carbons (Fsp3) is 0.467. The van der Waals surface area contributed by atoms with Crippen molar-refractivity contribution in [1.29, 1.82) is 0 Å². The molecule has 1 heterocycles. The summed E-state index contributed by atoms with van der Waals surface area (Å²) in [7, 11) is 0. The van der Waals surface area contributed by atoms with E-state index in [0.29, 0.717) is 5.75 Å². The second kappa shape index (κ2) is 9.07. The van der Waals surface area contributed by atoms with E-state index in [1.807, 2.05) is 24.3 Å². The predicted molar refractivity (Wildman–Crippen MR) is 86.5 cm³/mol. The number of aromatic nitrogens is 2. The van der Waals surface area contributed by atoms with E-state index in [1.165, 1.54) is 6.42 Å². The third-order valence-electron chi connectivity index (χ3n) is 3.02. The molecule has 1 aromatic heterocycles. The Morgan fingerprint density at radius 3 is 2.86 bits per heavy atom. The van der Waals surface area contributed by atoms with Crippen LogP contribution in [0.4, 0.5) is 0 Å². The molecule has 1 aromatic carbocycles. The summed E-state index contributed by atoms with van der Waals surface area (Å²) in [5, 5.41) is 4.75. The molecule has 114 valence electrons. The maximum absolute atomic E-state index is 5.95. The largest absolute Gasteiger partial charge is 0.339 e. The third-order valence-corrected chi connectivity index (χ3v) is 4.24. The van der Waals surface area contributed by atoms with Gasteiger partial charge in [0.2, 0.25) is 5.89 Å². The fourth-order valence-electron chi connectivity index (χ4n) is 1.93. The molecular formula is C15H20ClN3OS. The van der Waals surface area contributed by atoms with Gasteiger partial charge in [-0.2, -0.15) is 4.98 Å². The lowest BCUT2D eigenvalue weighted by Crippen LogP contribution is -1.97. The summed E-state index contributed by atoms with van der Waals surface area (Å²) < 4.78 is 5.26. The number of rotatable bonds is 9. The molecule has 21 heavy (non-hydrogen) atoms. The molecule has 0 fully saturated rings. The highest BCUT2D eigenvalue weighted by Crippen LogP contribution is 2.24. The zero-order chi connectivity index (χ0) is 14.9. The van der Waals surface area contributed by atoms with Crippen LogP contribution < -0.4 is 5.73 Å². The summed E-state index contributed by atoms with van der Waals surface area (Å²) in [6, 6.07) is 7.76. The molecule has 6 heteroatoms. The van der Waals surface area contributed by atoms with E-state index in [0.717, 1.165) is 53.9 Å². The van der Waals surface area contributed by atoms with Gasteiger partial charge < -0.3 is 10.3 Å². The molecule has 0 spiro atoms. The van der Waals surface area contributed by atoms with Crippen LogP contribution in [0.25, 0.3) is 0 Å². The van der Waals surface area contributed by atoms with Crippen molar-refractivity contribution in [3.05, 3.63) is 41.0 Å². The van der Waals surface area contributed by atoms with E-state index in [9.17, 15) is 0 Å². The van der Waals surface area contributed by atoms with E-state index < -0.39 is 0 Å². The summed E-state index contributed by atoms with van der Waals surface area (Å²) >= 11 is 7.61. The Morgan fingerprint density at radius 1 is 1.19 bits per heavy atom. The highest BCUT2D eigenvalue weighted by atomic mass is 35.5. The lowest BCUT2D eigenvalue weighted by atomic mass is 10.1. The molecule has 2 N–H and O–H groups in total. The number of aryl methyl sites for hydroxylation is 1. The van der Waals surface area contributed by atoms with Gasteiger partial charge in [0, 0.05) is 16.3 Å². The number of unbranched alkanes of at least 4 members (excludes halogenated alkanes) is 3. The number of thioether (sulfide) groups is 1. The summed E-state index contributed by atoms with van der Waals surface area (Å²) in [6.45, 7) is 0.769. The average molecular weight is 326 g/mol. The van der Waals surface area contributed by atoms with Crippen LogP contribution in [-0.2, 0) is 12.2 Å². The van der Waals surface area contributed by atoms with Crippen molar-refractivity contribution in [2.45, 2.75) is 42.8 Å². The topological polar surface area (TPSA) is 64.9 Å². The van der Waals surface area contributed by atoms with Crippen molar-refractivity contribution < 1.29 is 4.52 Å². The Morgan fingerprint density at radius 2 is 2.05 bits per heavy atom. The van der Waals surface area contributed by atoms with Gasteiger partial charge in [-0.3, -0.25) is 0 Å². The summed E-state index contributed by atoms with van der Waals surface area (Å²) in [5.41, 5.74) is 5.46. The maximum Gasteiger partial charge on any atom is 0.226 e. The lowest BCUT2D eigenvalue weighted by molar-refractivity contribution is 0.370. The molecular weight excluding hydrogens is 306 g/mol. The van der Waals surface area contributed by atoms with Crippen LogP contribution in [0.3, 0.4) is 0 Å². The Labute approximate surface area is 134 Å². The number of nitrogens with two attached hydrogens (primary N) is 1. The van der Waals surface area contributed by atoms with Gasteiger partial charge in [0.05, 0.1) is 5.75 Å². The Hall–Kier alpha value is -1.04. The molecule has 0 aliphatic rings. The Balaban J connectivity index is 1.72. The molecule has 2 rings (SSSR count). The van der Waals surface area contributed by atoms with Gasteiger partial charge in [-0.25, -0.2) is 0 Å². The molecule has 0 radical (unpaired) electrons. The van der Waals surface area contributed by atoms with Crippen molar-refractivity contribution in [1.82, 2.24) is 10.1 Å². The van der Waals surface area contributed by atoms with Gasteiger partial charge in [0.25, 0.3) is 0 Å². The number of halogens is 1. The SMILES string of the molecule is NCCCCCCc1nc(CSc2cccc(Cl)c2)no1. The van der Waals surface area contributed by atoms with Gasteiger partial charge in [-0.1, -0.05) is 35.7 Å². The van der Waals surface area contributed by atoms with Crippen molar-refractivity contribution in [3.63, 3.8) is 0 Å². The van der Waals surface area contributed by atoms with Gasteiger partial charge in [-0.05, 0) is 37.6 Å². The Kier molecular flexibility index (Phi) is 7.06. The fourth-order valence-corrected chi connectivity index (χ4v) is 2.98. The average Bonchev–Trinajstić information content (AvgIpc) is 2.93. The van der Waals surface area contributed by atoms with Gasteiger partial charge >= 0.3 is 0 Å². The van der Waals surface area contributed by atoms with E-state index in [1.54, 1.807) is 11.8 Å². The molecule has 0 aliphatic heterocycles. The van der Waals surface area contributed by atoms with Crippen LogP contribution in [0, 0.1) is 0 Å². The number of hydrogen-bond donors (Lipinski definition) is 1. The van der Waals surface area contributed by atoms with E-state index in [2.05, 4.69) is 10.1 Å². The first-order valence-electron chi connectivity index (χ1n) is 7.18. The summed E-state index contributed by atoms with van der Waals surface area (Å²) in [4.78, 5) is 5.52.